The zero-order chi connectivity index (χ0) is 20.6. The van der Waals surface area contributed by atoms with Gasteiger partial charge in [-0.15, -0.1) is 0 Å². The van der Waals surface area contributed by atoms with E-state index >= 15 is 0 Å². The van der Waals surface area contributed by atoms with E-state index in [4.69, 9.17) is 0 Å². The van der Waals surface area contributed by atoms with Crippen molar-refractivity contribution in [2.45, 2.75) is 13.5 Å². The highest BCUT2D eigenvalue weighted by molar-refractivity contribution is 7.98. The van der Waals surface area contributed by atoms with Crippen molar-refractivity contribution in [3.8, 4) is 0 Å². The van der Waals surface area contributed by atoms with Crippen LogP contribution in [0.5, 0.6) is 0 Å². The Morgan fingerprint density at radius 2 is 2.00 bits per heavy atom. The van der Waals surface area contributed by atoms with Gasteiger partial charge in [0.15, 0.2) is 0 Å². The maximum atomic E-state index is 14.2. The van der Waals surface area contributed by atoms with Gasteiger partial charge in [-0.25, -0.2) is 14.1 Å². The Hall–Kier alpha value is -2.36. The number of amides is 1. The molecule has 0 saturated carbocycles. The number of rotatable bonds is 8. The molecule has 1 aliphatic heterocycles. The van der Waals surface area contributed by atoms with Gasteiger partial charge in [0, 0.05) is 70.3 Å². The first-order chi connectivity index (χ1) is 14.1. The summed E-state index contributed by atoms with van der Waals surface area (Å²) in [6.07, 6.45) is 1.82. The Morgan fingerprint density at radius 1 is 1.21 bits per heavy atom. The van der Waals surface area contributed by atoms with Crippen LogP contribution in [0.4, 0.5) is 15.9 Å². The SMILES string of the molecule is CCNSNc1cc(CN2CCN(c3ccc(C(=O)NC)c(F)c3)CC2)ccn1. The van der Waals surface area contributed by atoms with Crippen molar-refractivity contribution in [2.24, 2.45) is 0 Å². The van der Waals surface area contributed by atoms with Crippen LogP contribution >= 0.6 is 12.1 Å². The number of anilines is 2. The number of aromatic nitrogens is 1. The van der Waals surface area contributed by atoms with Gasteiger partial charge in [-0.1, -0.05) is 6.92 Å². The first kappa shape index (κ1) is 21.4. The highest BCUT2D eigenvalue weighted by Crippen LogP contribution is 2.21. The van der Waals surface area contributed by atoms with Crippen molar-refractivity contribution in [1.29, 1.82) is 0 Å². The van der Waals surface area contributed by atoms with Crippen LogP contribution in [0.1, 0.15) is 22.8 Å². The Kier molecular flexibility index (Phi) is 7.68. The minimum Gasteiger partial charge on any atom is -0.369 e. The summed E-state index contributed by atoms with van der Waals surface area (Å²) in [5.74, 6) is -0.0655. The predicted molar refractivity (Wildman–Crippen MR) is 116 cm³/mol. The standard InChI is InChI=1S/C20H27FN6OS/c1-3-24-29-25-19-12-15(6-7-23-19)14-26-8-10-27(11-9-26)16-4-5-17(18(21)13-16)20(28)22-2/h4-7,12-13,24H,3,8-11,14H2,1-2H3,(H,22,28)(H,23,25). The van der Waals surface area contributed by atoms with Gasteiger partial charge in [0.05, 0.1) is 5.56 Å². The summed E-state index contributed by atoms with van der Waals surface area (Å²) < 4.78 is 20.6. The van der Waals surface area contributed by atoms with Gasteiger partial charge < -0.3 is 14.9 Å². The Labute approximate surface area is 175 Å². The van der Waals surface area contributed by atoms with E-state index in [1.165, 1.54) is 30.8 Å². The highest BCUT2D eigenvalue weighted by Gasteiger charge is 2.19. The van der Waals surface area contributed by atoms with Crippen molar-refractivity contribution in [2.75, 3.05) is 49.4 Å². The van der Waals surface area contributed by atoms with Crippen molar-refractivity contribution < 1.29 is 9.18 Å². The molecule has 1 aromatic carbocycles. The number of halogens is 1. The fourth-order valence-electron chi connectivity index (χ4n) is 3.23. The zero-order valence-electron chi connectivity index (χ0n) is 16.7. The normalized spacial score (nSPS) is 14.7. The van der Waals surface area contributed by atoms with Crippen molar-refractivity contribution >= 4 is 29.5 Å². The van der Waals surface area contributed by atoms with Crippen LogP contribution in [0.2, 0.25) is 0 Å². The number of nitrogens with one attached hydrogen (secondary N) is 3. The molecule has 0 spiro atoms. The molecular weight excluding hydrogens is 391 g/mol. The van der Waals surface area contributed by atoms with Crippen LogP contribution in [0.3, 0.4) is 0 Å². The lowest BCUT2D eigenvalue weighted by atomic mass is 10.1. The topological polar surface area (TPSA) is 72.5 Å². The van der Waals surface area contributed by atoms with Gasteiger partial charge >= 0.3 is 0 Å². The molecule has 9 heteroatoms. The number of nitrogens with zero attached hydrogens (tertiary/aromatic N) is 3. The summed E-state index contributed by atoms with van der Waals surface area (Å²) >= 11 is 1.43. The average molecular weight is 419 g/mol. The predicted octanol–water partition coefficient (Wildman–Crippen LogP) is 2.49. The number of pyridine rings is 1. The van der Waals surface area contributed by atoms with Crippen molar-refractivity contribution in [3.05, 3.63) is 53.5 Å². The Bertz CT molecular complexity index is 828. The minimum atomic E-state index is -0.489. The molecule has 0 atom stereocenters. The first-order valence-corrected chi connectivity index (χ1v) is 10.5. The second kappa shape index (κ2) is 10.4. The summed E-state index contributed by atoms with van der Waals surface area (Å²) in [5.41, 5.74) is 2.09. The molecule has 7 nitrogen and oxygen atoms in total. The monoisotopic (exact) mass is 418 g/mol. The van der Waals surface area contributed by atoms with Crippen LogP contribution < -0.4 is 19.7 Å². The van der Waals surface area contributed by atoms with Gasteiger partial charge in [0.2, 0.25) is 0 Å². The second-order valence-electron chi connectivity index (χ2n) is 6.76. The third-order valence-electron chi connectivity index (χ3n) is 4.76. The number of carbonyl (C=O) groups excluding carboxylic acids is 1. The molecule has 1 fully saturated rings. The lowest BCUT2D eigenvalue weighted by Crippen LogP contribution is -2.46. The summed E-state index contributed by atoms with van der Waals surface area (Å²) in [4.78, 5) is 20.5. The van der Waals surface area contributed by atoms with Crippen LogP contribution in [-0.2, 0) is 6.54 Å². The molecule has 3 rings (SSSR count). The fourth-order valence-corrected chi connectivity index (χ4v) is 3.66. The summed E-state index contributed by atoms with van der Waals surface area (Å²) in [7, 11) is 1.50. The van der Waals surface area contributed by atoms with Gasteiger partial charge in [-0.2, -0.15) is 0 Å². The lowest BCUT2D eigenvalue weighted by Gasteiger charge is -2.36. The molecule has 1 aliphatic rings. The van der Waals surface area contributed by atoms with E-state index < -0.39 is 11.7 Å². The quantitative estimate of drug-likeness (QED) is 0.449. The molecule has 0 unspecified atom stereocenters. The second-order valence-corrected chi connectivity index (χ2v) is 7.45. The van der Waals surface area contributed by atoms with E-state index in [1.807, 2.05) is 25.3 Å². The van der Waals surface area contributed by atoms with Crippen LogP contribution in [0, 0.1) is 5.82 Å². The van der Waals surface area contributed by atoms with Gasteiger partial charge in [-0.05, 0) is 35.9 Å². The molecule has 156 valence electrons. The number of hydrogen-bond donors (Lipinski definition) is 3. The molecule has 3 N–H and O–H groups in total. The Balaban J connectivity index is 1.54. The van der Waals surface area contributed by atoms with E-state index in [1.54, 1.807) is 6.07 Å². The summed E-state index contributed by atoms with van der Waals surface area (Å²) in [5, 5.41) is 2.46. The van der Waals surface area contributed by atoms with Crippen molar-refractivity contribution in [3.63, 3.8) is 0 Å². The zero-order valence-corrected chi connectivity index (χ0v) is 17.6. The van der Waals surface area contributed by atoms with Gasteiger partial charge in [0.1, 0.15) is 11.6 Å². The van der Waals surface area contributed by atoms with E-state index in [0.717, 1.165) is 50.8 Å². The fraction of sp³-hybridized carbons (Fsp3) is 0.400. The van der Waals surface area contributed by atoms with Gasteiger partial charge in [0.25, 0.3) is 5.91 Å². The maximum absolute atomic E-state index is 14.2. The molecule has 2 heterocycles. The van der Waals surface area contributed by atoms with E-state index in [-0.39, 0.29) is 5.56 Å². The average Bonchev–Trinajstić information content (AvgIpc) is 2.74. The van der Waals surface area contributed by atoms with Crippen LogP contribution in [0.25, 0.3) is 0 Å². The molecule has 1 amide bonds. The minimum absolute atomic E-state index is 0.0734. The largest absolute Gasteiger partial charge is 0.369 e. The number of carbonyl (C=O) groups is 1. The molecule has 29 heavy (non-hydrogen) atoms. The number of piperazine rings is 1. The maximum Gasteiger partial charge on any atom is 0.253 e. The van der Waals surface area contributed by atoms with E-state index in [9.17, 15) is 9.18 Å². The third kappa shape index (κ3) is 5.81. The van der Waals surface area contributed by atoms with E-state index in [0.29, 0.717) is 0 Å². The molecule has 0 radical (unpaired) electrons. The molecule has 0 bridgehead atoms. The van der Waals surface area contributed by atoms with Crippen molar-refractivity contribution in [1.82, 2.24) is 19.9 Å². The lowest BCUT2D eigenvalue weighted by molar-refractivity contribution is 0.0959. The Morgan fingerprint density at radius 3 is 2.69 bits per heavy atom. The molecule has 1 saturated heterocycles. The highest BCUT2D eigenvalue weighted by atomic mass is 32.2. The van der Waals surface area contributed by atoms with E-state index in [2.05, 4.69) is 35.6 Å². The summed E-state index contributed by atoms with van der Waals surface area (Å²) in [6, 6.07) is 8.90. The molecule has 1 aromatic heterocycles. The molecule has 0 aliphatic carbocycles. The smallest absolute Gasteiger partial charge is 0.253 e. The number of benzene rings is 1. The third-order valence-corrected chi connectivity index (χ3v) is 5.51. The van der Waals surface area contributed by atoms with Crippen LogP contribution in [0.15, 0.2) is 36.5 Å². The first-order valence-electron chi connectivity index (χ1n) is 9.69. The number of hydrogen-bond acceptors (Lipinski definition) is 7. The summed E-state index contributed by atoms with van der Waals surface area (Å²) in [6.45, 7) is 7.16. The van der Waals surface area contributed by atoms with Crippen LogP contribution in [-0.4, -0.2) is 55.6 Å². The molecular formula is C20H27FN6OS. The van der Waals surface area contributed by atoms with Gasteiger partial charge in [-0.3, -0.25) is 9.69 Å². The molecule has 2 aromatic rings.